The fraction of sp³-hybridized carbons (Fsp3) is 0.300. The molecule has 0 heterocycles. The van der Waals surface area contributed by atoms with Gasteiger partial charge in [-0.3, -0.25) is 4.79 Å². The number of aromatic hydroxyl groups is 1. The summed E-state index contributed by atoms with van der Waals surface area (Å²) < 4.78 is 0.581. The summed E-state index contributed by atoms with van der Waals surface area (Å²) in [5.74, 6) is -0.0850. The summed E-state index contributed by atoms with van der Waals surface area (Å²) in [6.45, 7) is 3.45. The van der Waals surface area contributed by atoms with Crippen LogP contribution in [0.1, 0.15) is 29.8 Å². The first-order valence-corrected chi connectivity index (χ1v) is 4.88. The van der Waals surface area contributed by atoms with E-state index in [4.69, 9.17) is 0 Å². The van der Waals surface area contributed by atoms with Crippen molar-refractivity contribution >= 4 is 21.7 Å². The molecule has 2 nitrogen and oxygen atoms in total. The Morgan fingerprint density at radius 1 is 1.54 bits per heavy atom. The van der Waals surface area contributed by atoms with Gasteiger partial charge < -0.3 is 5.11 Å². The number of carbonyl (C=O) groups is 1. The quantitative estimate of drug-likeness (QED) is 0.811. The van der Waals surface area contributed by atoms with Crippen LogP contribution in [0.3, 0.4) is 0 Å². The molecule has 0 spiro atoms. The van der Waals surface area contributed by atoms with Crippen LogP contribution in [0.2, 0.25) is 0 Å². The summed E-state index contributed by atoms with van der Waals surface area (Å²) >= 11 is 3.20. The second-order valence-electron chi connectivity index (χ2n) is 2.88. The van der Waals surface area contributed by atoms with E-state index < -0.39 is 0 Å². The molecule has 0 bridgehead atoms. The highest BCUT2D eigenvalue weighted by Gasteiger charge is 2.10. The van der Waals surface area contributed by atoms with Gasteiger partial charge in [-0.15, -0.1) is 0 Å². The number of hydrogen-bond donors (Lipinski definition) is 1. The molecule has 0 saturated carbocycles. The van der Waals surface area contributed by atoms with E-state index in [1.54, 1.807) is 6.07 Å². The third-order valence-corrected chi connectivity index (χ3v) is 2.52. The minimum absolute atomic E-state index is 0.0321. The normalized spacial score (nSPS) is 10.1. The lowest BCUT2D eigenvalue weighted by atomic mass is 10.1. The maximum absolute atomic E-state index is 11.1. The molecule has 1 aromatic carbocycles. The Bertz CT molecular complexity index is 345. The summed E-state index contributed by atoms with van der Waals surface area (Å²) in [4.78, 5) is 11.1. The number of rotatable bonds is 2. The Morgan fingerprint density at radius 3 is 2.62 bits per heavy atom. The molecule has 0 radical (unpaired) electrons. The molecule has 0 aliphatic carbocycles. The van der Waals surface area contributed by atoms with Crippen molar-refractivity contribution in [3.8, 4) is 5.75 Å². The Morgan fingerprint density at radius 2 is 2.15 bits per heavy atom. The number of carbonyl (C=O) groups excluding carboxylic acids is 1. The Balaban J connectivity index is 3.33. The number of ketones is 1. The molecule has 0 aliphatic heterocycles. The van der Waals surface area contributed by atoms with Crippen LogP contribution in [0, 0.1) is 0 Å². The van der Waals surface area contributed by atoms with Crippen molar-refractivity contribution in [2.24, 2.45) is 0 Å². The lowest BCUT2D eigenvalue weighted by Crippen LogP contribution is -1.95. The molecule has 0 fully saturated rings. The SMILES string of the molecule is CCc1cc(Br)c(O)c(C(C)=O)c1. The van der Waals surface area contributed by atoms with E-state index in [0.717, 1.165) is 12.0 Å². The van der Waals surface area contributed by atoms with Gasteiger partial charge >= 0.3 is 0 Å². The maximum atomic E-state index is 11.1. The predicted molar refractivity (Wildman–Crippen MR) is 55.2 cm³/mol. The summed E-state index contributed by atoms with van der Waals surface area (Å²) in [6.07, 6.45) is 0.846. The van der Waals surface area contributed by atoms with Gasteiger partial charge in [0.2, 0.25) is 0 Å². The first kappa shape index (κ1) is 10.3. The number of aryl methyl sites for hydroxylation is 1. The molecule has 0 saturated heterocycles. The highest BCUT2D eigenvalue weighted by Crippen LogP contribution is 2.29. The van der Waals surface area contributed by atoms with Crippen molar-refractivity contribution in [2.45, 2.75) is 20.3 Å². The molecule has 1 N–H and O–H groups in total. The van der Waals surface area contributed by atoms with Gasteiger partial charge in [0.25, 0.3) is 0 Å². The second-order valence-corrected chi connectivity index (χ2v) is 3.74. The lowest BCUT2D eigenvalue weighted by molar-refractivity contribution is 0.101. The number of phenolic OH excluding ortho intramolecular Hbond substituents is 1. The van der Waals surface area contributed by atoms with E-state index in [2.05, 4.69) is 15.9 Å². The molecule has 0 atom stereocenters. The summed E-state index contributed by atoms with van der Waals surface area (Å²) in [7, 11) is 0. The third kappa shape index (κ3) is 2.10. The number of benzene rings is 1. The van der Waals surface area contributed by atoms with E-state index in [1.807, 2.05) is 13.0 Å². The minimum atomic E-state index is -0.117. The van der Waals surface area contributed by atoms with Crippen LogP contribution >= 0.6 is 15.9 Å². The van der Waals surface area contributed by atoms with Gasteiger partial charge in [0.15, 0.2) is 5.78 Å². The standard InChI is InChI=1S/C10H11BrO2/c1-3-7-4-8(6(2)12)10(13)9(11)5-7/h4-5,13H,3H2,1-2H3. The number of halogens is 1. The molecule has 70 valence electrons. The molecule has 0 aromatic heterocycles. The van der Waals surface area contributed by atoms with E-state index in [9.17, 15) is 9.90 Å². The summed E-state index contributed by atoms with van der Waals surface area (Å²) in [5.41, 5.74) is 1.42. The van der Waals surface area contributed by atoms with Crippen LogP contribution in [0.5, 0.6) is 5.75 Å². The summed E-state index contributed by atoms with van der Waals surface area (Å²) in [5, 5.41) is 9.52. The highest BCUT2D eigenvalue weighted by atomic mass is 79.9. The van der Waals surface area contributed by atoms with Gasteiger partial charge in [0.05, 0.1) is 10.0 Å². The van der Waals surface area contributed by atoms with Gasteiger partial charge in [-0.1, -0.05) is 6.92 Å². The topological polar surface area (TPSA) is 37.3 Å². The van der Waals surface area contributed by atoms with Crippen molar-refractivity contribution < 1.29 is 9.90 Å². The average molecular weight is 243 g/mol. The minimum Gasteiger partial charge on any atom is -0.506 e. The third-order valence-electron chi connectivity index (χ3n) is 1.91. The van der Waals surface area contributed by atoms with Crippen molar-refractivity contribution in [1.82, 2.24) is 0 Å². The number of Topliss-reactive ketones (excluding diaryl/α,β-unsaturated/α-hetero) is 1. The number of phenols is 1. The van der Waals surface area contributed by atoms with Crippen molar-refractivity contribution in [3.63, 3.8) is 0 Å². The lowest BCUT2D eigenvalue weighted by Gasteiger charge is -2.05. The first-order valence-electron chi connectivity index (χ1n) is 4.08. The Hall–Kier alpha value is -0.830. The average Bonchev–Trinajstić information content (AvgIpc) is 2.09. The van der Waals surface area contributed by atoms with Crippen LogP contribution in [-0.4, -0.2) is 10.9 Å². The zero-order valence-electron chi connectivity index (χ0n) is 7.60. The fourth-order valence-corrected chi connectivity index (χ4v) is 1.64. The second kappa shape index (κ2) is 3.92. The maximum Gasteiger partial charge on any atom is 0.163 e. The molecule has 0 unspecified atom stereocenters. The van der Waals surface area contributed by atoms with E-state index in [0.29, 0.717) is 10.0 Å². The molecular weight excluding hydrogens is 232 g/mol. The Labute approximate surface area is 85.7 Å². The molecule has 13 heavy (non-hydrogen) atoms. The largest absolute Gasteiger partial charge is 0.506 e. The molecule has 1 rings (SSSR count). The monoisotopic (exact) mass is 242 g/mol. The van der Waals surface area contributed by atoms with Crippen molar-refractivity contribution in [1.29, 1.82) is 0 Å². The zero-order chi connectivity index (χ0) is 10.0. The van der Waals surface area contributed by atoms with Gasteiger partial charge in [-0.2, -0.15) is 0 Å². The van der Waals surface area contributed by atoms with Crippen molar-refractivity contribution in [2.75, 3.05) is 0 Å². The smallest absolute Gasteiger partial charge is 0.163 e. The van der Waals surface area contributed by atoms with Crippen LogP contribution in [0.25, 0.3) is 0 Å². The van der Waals surface area contributed by atoms with Gasteiger partial charge in [-0.05, 0) is 47.0 Å². The van der Waals surface area contributed by atoms with Crippen LogP contribution in [0.4, 0.5) is 0 Å². The van der Waals surface area contributed by atoms with Crippen LogP contribution < -0.4 is 0 Å². The molecule has 1 aromatic rings. The van der Waals surface area contributed by atoms with Gasteiger partial charge in [-0.25, -0.2) is 0 Å². The van der Waals surface area contributed by atoms with Gasteiger partial charge in [0.1, 0.15) is 5.75 Å². The molecule has 0 amide bonds. The predicted octanol–water partition coefficient (Wildman–Crippen LogP) is 2.92. The number of hydrogen-bond acceptors (Lipinski definition) is 2. The van der Waals surface area contributed by atoms with E-state index >= 15 is 0 Å². The van der Waals surface area contributed by atoms with E-state index in [-0.39, 0.29) is 11.5 Å². The molecular formula is C10H11BrO2. The first-order chi connectivity index (χ1) is 6.06. The Kier molecular flexibility index (Phi) is 3.09. The van der Waals surface area contributed by atoms with Crippen molar-refractivity contribution in [3.05, 3.63) is 27.7 Å². The molecule has 3 heteroatoms. The zero-order valence-corrected chi connectivity index (χ0v) is 9.18. The summed E-state index contributed by atoms with van der Waals surface area (Å²) in [6, 6.07) is 3.55. The van der Waals surface area contributed by atoms with E-state index in [1.165, 1.54) is 6.92 Å². The highest BCUT2D eigenvalue weighted by molar-refractivity contribution is 9.10. The van der Waals surface area contributed by atoms with Gasteiger partial charge in [0, 0.05) is 0 Å². The van der Waals surface area contributed by atoms with Crippen LogP contribution in [0.15, 0.2) is 16.6 Å². The van der Waals surface area contributed by atoms with Crippen LogP contribution in [-0.2, 0) is 6.42 Å². The fourth-order valence-electron chi connectivity index (χ4n) is 1.13. The molecule has 0 aliphatic rings.